The lowest BCUT2D eigenvalue weighted by Crippen LogP contribution is -2.43. The molecule has 0 aromatic carbocycles. The number of aromatic nitrogens is 4. The quantitative estimate of drug-likeness (QED) is 0.831. The van der Waals surface area contributed by atoms with Gasteiger partial charge in [0, 0.05) is 29.5 Å². The Bertz CT molecular complexity index is 814. The number of fused-ring (bicyclic) bond motifs is 1. The van der Waals surface area contributed by atoms with Crippen LogP contribution in [0.15, 0.2) is 0 Å². The summed E-state index contributed by atoms with van der Waals surface area (Å²) < 4.78 is 39.6. The predicted octanol–water partition coefficient (Wildman–Crippen LogP) is 2.70. The highest BCUT2D eigenvalue weighted by Crippen LogP contribution is 2.27. The van der Waals surface area contributed by atoms with Gasteiger partial charge < -0.3 is 4.90 Å². The number of likely N-dealkylation sites (tertiary alicyclic amines) is 1. The van der Waals surface area contributed by atoms with E-state index in [1.165, 1.54) is 0 Å². The Hall–Kier alpha value is -2.19. The minimum atomic E-state index is -4.63. The maximum atomic E-state index is 12.8. The number of rotatable bonds is 2. The van der Waals surface area contributed by atoms with Gasteiger partial charge in [-0.1, -0.05) is 0 Å². The fourth-order valence-electron chi connectivity index (χ4n) is 3.31. The second kappa shape index (κ2) is 6.27. The molecule has 0 aliphatic carbocycles. The number of hydrogen-bond acceptors (Lipinski definition) is 4. The third kappa shape index (κ3) is 3.32. The summed E-state index contributed by atoms with van der Waals surface area (Å²) in [4.78, 5) is 22.1. The zero-order valence-electron chi connectivity index (χ0n) is 14.4. The van der Waals surface area contributed by atoms with E-state index in [2.05, 4.69) is 15.1 Å². The van der Waals surface area contributed by atoms with Gasteiger partial charge >= 0.3 is 6.18 Å². The molecule has 3 heterocycles. The minimum absolute atomic E-state index is 0.0317. The molecule has 25 heavy (non-hydrogen) atoms. The first-order chi connectivity index (χ1) is 11.7. The van der Waals surface area contributed by atoms with Gasteiger partial charge in [-0.2, -0.15) is 18.2 Å². The molecule has 0 bridgehead atoms. The smallest absolute Gasteiger partial charge is 0.340 e. The van der Waals surface area contributed by atoms with Gasteiger partial charge in [-0.15, -0.1) is 5.10 Å². The molecule has 3 rings (SSSR count). The van der Waals surface area contributed by atoms with Crippen LogP contribution in [0.2, 0.25) is 0 Å². The van der Waals surface area contributed by atoms with Crippen LogP contribution in [0.4, 0.5) is 13.2 Å². The van der Waals surface area contributed by atoms with Gasteiger partial charge in [0.05, 0.1) is 6.42 Å². The van der Waals surface area contributed by atoms with Crippen LogP contribution in [-0.2, 0) is 17.4 Å². The van der Waals surface area contributed by atoms with Gasteiger partial charge in [0.25, 0.3) is 11.6 Å². The van der Waals surface area contributed by atoms with Crippen molar-refractivity contribution < 1.29 is 18.0 Å². The van der Waals surface area contributed by atoms with Crippen molar-refractivity contribution in [2.24, 2.45) is 0 Å². The molecule has 2 aromatic heterocycles. The topological polar surface area (TPSA) is 63.4 Å². The molecule has 1 fully saturated rings. The molecule has 1 aliphatic heterocycles. The largest absolute Gasteiger partial charge is 0.453 e. The van der Waals surface area contributed by atoms with E-state index in [0.29, 0.717) is 17.0 Å². The summed E-state index contributed by atoms with van der Waals surface area (Å²) in [5.74, 6) is -1.36. The highest BCUT2D eigenvalue weighted by molar-refractivity contribution is 5.79. The molecular weight excluding hydrogens is 335 g/mol. The molecule has 136 valence electrons. The van der Waals surface area contributed by atoms with Crippen LogP contribution in [0.3, 0.4) is 0 Å². The Labute approximate surface area is 143 Å². The van der Waals surface area contributed by atoms with Crippen LogP contribution in [0, 0.1) is 13.8 Å². The van der Waals surface area contributed by atoms with E-state index in [-0.39, 0.29) is 24.1 Å². The molecule has 1 saturated heterocycles. The van der Waals surface area contributed by atoms with Crippen molar-refractivity contribution in [3.05, 3.63) is 22.8 Å². The van der Waals surface area contributed by atoms with Crippen LogP contribution in [-0.4, -0.2) is 43.0 Å². The summed E-state index contributed by atoms with van der Waals surface area (Å²) in [6, 6.07) is 0.182. The van der Waals surface area contributed by atoms with Crippen molar-refractivity contribution in [2.45, 2.75) is 58.7 Å². The zero-order chi connectivity index (χ0) is 18.4. The molecule has 0 saturated carbocycles. The fourth-order valence-corrected chi connectivity index (χ4v) is 3.31. The number of carbonyl (C=O) groups excluding carboxylic acids is 1. The molecule has 0 spiro atoms. The number of hydrogen-bond donors (Lipinski definition) is 0. The predicted molar refractivity (Wildman–Crippen MR) is 84.0 cm³/mol. The van der Waals surface area contributed by atoms with E-state index in [1.807, 2.05) is 11.8 Å². The Morgan fingerprint density at radius 3 is 2.60 bits per heavy atom. The van der Waals surface area contributed by atoms with Gasteiger partial charge in [-0.05, 0) is 40.0 Å². The molecule has 0 N–H and O–H groups in total. The van der Waals surface area contributed by atoms with E-state index in [9.17, 15) is 18.0 Å². The molecule has 9 heteroatoms. The van der Waals surface area contributed by atoms with E-state index in [0.717, 1.165) is 30.3 Å². The first kappa shape index (κ1) is 17.6. The van der Waals surface area contributed by atoms with Gasteiger partial charge in [0.15, 0.2) is 0 Å². The Morgan fingerprint density at radius 1 is 1.24 bits per heavy atom. The van der Waals surface area contributed by atoms with Crippen molar-refractivity contribution in [2.75, 3.05) is 6.54 Å². The second-order valence-electron chi connectivity index (χ2n) is 6.51. The van der Waals surface area contributed by atoms with E-state index in [1.54, 1.807) is 13.8 Å². The van der Waals surface area contributed by atoms with E-state index < -0.39 is 12.0 Å². The summed E-state index contributed by atoms with van der Waals surface area (Å²) >= 11 is 0. The highest BCUT2D eigenvalue weighted by atomic mass is 19.4. The third-order valence-corrected chi connectivity index (χ3v) is 4.75. The normalized spacial score (nSPS) is 18.8. The number of amides is 1. The number of carbonyl (C=O) groups is 1. The Kier molecular flexibility index (Phi) is 4.42. The fraction of sp³-hybridized carbons (Fsp3) is 0.625. The molecule has 1 amide bonds. The van der Waals surface area contributed by atoms with Gasteiger partial charge in [-0.3, -0.25) is 4.79 Å². The summed E-state index contributed by atoms with van der Waals surface area (Å²) in [6.07, 6.45) is -1.47. The SMILES string of the molecule is Cc1nc2nc(C(F)(F)F)nn2c(C)c1CC(=O)N1CCCCC1C. The number of halogens is 3. The Morgan fingerprint density at radius 2 is 1.96 bits per heavy atom. The van der Waals surface area contributed by atoms with Crippen molar-refractivity contribution in [3.63, 3.8) is 0 Å². The first-order valence-electron chi connectivity index (χ1n) is 8.28. The number of piperidine rings is 1. The average molecular weight is 355 g/mol. The monoisotopic (exact) mass is 355 g/mol. The van der Waals surface area contributed by atoms with Gasteiger partial charge in [-0.25, -0.2) is 9.50 Å². The molecule has 1 atom stereocenters. The third-order valence-electron chi connectivity index (χ3n) is 4.75. The lowest BCUT2D eigenvalue weighted by atomic mass is 10.0. The van der Waals surface area contributed by atoms with Crippen molar-refractivity contribution in [1.82, 2.24) is 24.5 Å². The van der Waals surface area contributed by atoms with Crippen LogP contribution >= 0.6 is 0 Å². The van der Waals surface area contributed by atoms with E-state index >= 15 is 0 Å². The standard InChI is InChI=1S/C16H20F3N5O/c1-9-6-4-5-7-23(9)13(25)8-12-10(2)20-15-21-14(16(17,18)19)22-24(15)11(12)3/h9H,4-8H2,1-3H3. The lowest BCUT2D eigenvalue weighted by molar-refractivity contribution is -0.144. The highest BCUT2D eigenvalue weighted by Gasteiger charge is 2.37. The lowest BCUT2D eigenvalue weighted by Gasteiger charge is -2.33. The van der Waals surface area contributed by atoms with Crippen LogP contribution in [0.1, 0.15) is 49.0 Å². The number of nitrogens with zero attached hydrogens (tertiary/aromatic N) is 5. The van der Waals surface area contributed by atoms with Gasteiger partial charge in [0.2, 0.25) is 5.91 Å². The van der Waals surface area contributed by atoms with Crippen molar-refractivity contribution in [3.8, 4) is 0 Å². The van der Waals surface area contributed by atoms with Crippen molar-refractivity contribution >= 4 is 11.7 Å². The molecule has 2 aromatic rings. The van der Waals surface area contributed by atoms with Gasteiger partial charge in [0.1, 0.15) is 0 Å². The zero-order valence-corrected chi connectivity index (χ0v) is 14.4. The molecular formula is C16H20F3N5O. The summed E-state index contributed by atoms with van der Waals surface area (Å²) in [5, 5.41) is 3.51. The summed E-state index contributed by atoms with van der Waals surface area (Å²) in [6.45, 7) is 6.05. The molecule has 1 aliphatic rings. The molecule has 1 unspecified atom stereocenters. The minimum Gasteiger partial charge on any atom is -0.340 e. The van der Waals surface area contributed by atoms with Crippen LogP contribution in [0.25, 0.3) is 5.78 Å². The first-order valence-corrected chi connectivity index (χ1v) is 8.28. The van der Waals surface area contributed by atoms with Crippen molar-refractivity contribution in [1.29, 1.82) is 0 Å². The molecule has 0 radical (unpaired) electrons. The Balaban J connectivity index is 1.94. The summed E-state index contributed by atoms with van der Waals surface area (Å²) in [5.41, 5.74) is 1.57. The number of alkyl halides is 3. The second-order valence-corrected chi connectivity index (χ2v) is 6.51. The maximum Gasteiger partial charge on any atom is 0.453 e. The van der Waals surface area contributed by atoms with E-state index in [4.69, 9.17) is 0 Å². The maximum absolute atomic E-state index is 12.8. The van der Waals surface area contributed by atoms with Crippen LogP contribution in [0.5, 0.6) is 0 Å². The summed E-state index contributed by atoms with van der Waals surface area (Å²) in [7, 11) is 0. The van der Waals surface area contributed by atoms with Crippen LogP contribution < -0.4 is 0 Å². The molecule has 6 nitrogen and oxygen atoms in total. The average Bonchev–Trinajstić information content (AvgIpc) is 2.96. The number of aryl methyl sites for hydroxylation is 2.